The first-order chi connectivity index (χ1) is 17.5. The van der Waals surface area contributed by atoms with Crippen molar-refractivity contribution in [1.82, 2.24) is 4.90 Å². The molecule has 0 saturated carbocycles. The fourth-order valence-electron chi connectivity index (χ4n) is 4.80. The van der Waals surface area contributed by atoms with E-state index in [1.165, 1.54) is 21.3 Å². The molecule has 36 heavy (non-hydrogen) atoms. The van der Waals surface area contributed by atoms with Gasteiger partial charge in [0.1, 0.15) is 6.17 Å². The number of fused-ring (bicyclic) bond motifs is 5. The maximum atomic E-state index is 13.5. The van der Waals surface area contributed by atoms with Gasteiger partial charge in [-0.2, -0.15) is 0 Å². The van der Waals surface area contributed by atoms with E-state index in [1.807, 2.05) is 12.1 Å². The summed E-state index contributed by atoms with van der Waals surface area (Å²) in [6, 6.07) is 17.6. The minimum atomic E-state index is -0.606. The molecule has 9 nitrogen and oxygen atoms in total. The highest BCUT2D eigenvalue weighted by atomic mass is 16.5. The summed E-state index contributed by atoms with van der Waals surface area (Å²) in [5, 5.41) is 2.83. The molecule has 3 aromatic rings. The summed E-state index contributed by atoms with van der Waals surface area (Å²) in [6.45, 7) is 0.117. The van der Waals surface area contributed by atoms with Gasteiger partial charge in [0.2, 0.25) is 11.7 Å². The molecule has 2 heterocycles. The van der Waals surface area contributed by atoms with Gasteiger partial charge in [-0.15, -0.1) is 0 Å². The molecule has 2 aliphatic heterocycles. The van der Waals surface area contributed by atoms with E-state index in [0.29, 0.717) is 39.8 Å². The zero-order valence-corrected chi connectivity index (χ0v) is 20.1. The van der Waals surface area contributed by atoms with E-state index in [4.69, 9.17) is 14.2 Å². The van der Waals surface area contributed by atoms with Gasteiger partial charge in [-0.05, 0) is 18.2 Å². The van der Waals surface area contributed by atoms with Crippen LogP contribution in [0.5, 0.6) is 17.2 Å². The fraction of sp³-hybridized carbons (Fsp3) is 0.222. The molecule has 2 aliphatic rings. The smallest absolute Gasteiger partial charge is 0.260 e. The van der Waals surface area contributed by atoms with Crippen LogP contribution in [0.3, 0.4) is 0 Å². The van der Waals surface area contributed by atoms with Gasteiger partial charge in [-0.3, -0.25) is 19.3 Å². The van der Waals surface area contributed by atoms with Gasteiger partial charge in [0, 0.05) is 41.9 Å². The molecule has 0 spiro atoms. The zero-order valence-electron chi connectivity index (χ0n) is 20.1. The molecule has 1 N–H and O–H groups in total. The van der Waals surface area contributed by atoms with Gasteiger partial charge in [0.25, 0.3) is 11.8 Å². The van der Waals surface area contributed by atoms with Crippen LogP contribution in [0.15, 0.2) is 60.7 Å². The molecule has 0 aliphatic carbocycles. The van der Waals surface area contributed by atoms with Crippen molar-refractivity contribution in [2.45, 2.75) is 12.6 Å². The molecule has 3 aromatic carbocycles. The van der Waals surface area contributed by atoms with Crippen molar-refractivity contribution >= 4 is 29.1 Å². The summed E-state index contributed by atoms with van der Waals surface area (Å²) in [5.41, 5.74) is 2.77. The molecule has 5 rings (SSSR count). The second kappa shape index (κ2) is 9.26. The number of carbonyl (C=O) groups excluding carboxylic acids is 3. The van der Waals surface area contributed by atoms with E-state index in [9.17, 15) is 14.4 Å². The fourth-order valence-corrected chi connectivity index (χ4v) is 4.80. The molecule has 9 heteroatoms. The molecule has 0 fully saturated rings. The lowest BCUT2D eigenvalue weighted by Gasteiger charge is -2.40. The number of para-hydroxylation sites is 1. The van der Waals surface area contributed by atoms with Crippen molar-refractivity contribution < 1.29 is 28.6 Å². The third-order valence-electron chi connectivity index (χ3n) is 6.41. The number of hydrogen-bond donors (Lipinski definition) is 1. The molecule has 0 saturated heterocycles. The topological polar surface area (TPSA) is 97.4 Å². The van der Waals surface area contributed by atoms with E-state index in [0.717, 1.165) is 5.56 Å². The van der Waals surface area contributed by atoms with Crippen LogP contribution in [-0.2, 0) is 4.79 Å². The van der Waals surface area contributed by atoms with E-state index in [-0.39, 0.29) is 30.7 Å². The van der Waals surface area contributed by atoms with Crippen molar-refractivity contribution in [2.75, 3.05) is 38.1 Å². The molecule has 0 bridgehead atoms. The highest BCUT2D eigenvalue weighted by Crippen LogP contribution is 2.45. The summed E-state index contributed by atoms with van der Waals surface area (Å²) in [5.74, 6) is 0.540. The Hall–Kier alpha value is -4.53. The van der Waals surface area contributed by atoms with Crippen LogP contribution >= 0.6 is 0 Å². The molecular formula is C27H25N3O6. The number of amides is 3. The Labute approximate surface area is 208 Å². The Kier molecular flexibility index (Phi) is 5.97. The van der Waals surface area contributed by atoms with E-state index < -0.39 is 6.17 Å². The average Bonchev–Trinajstić information content (AvgIpc) is 3.20. The van der Waals surface area contributed by atoms with Crippen molar-refractivity contribution in [3.63, 3.8) is 0 Å². The summed E-state index contributed by atoms with van der Waals surface area (Å²) in [7, 11) is 4.49. The van der Waals surface area contributed by atoms with Gasteiger partial charge < -0.3 is 24.4 Å². The number of methoxy groups -OCH3 is 3. The molecule has 1 unspecified atom stereocenters. The molecule has 0 radical (unpaired) electrons. The quantitative estimate of drug-likeness (QED) is 0.544. The molecule has 1 atom stereocenters. The number of nitrogens with one attached hydrogen (secondary N) is 1. The summed E-state index contributed by atoms with van der Waals surface area (Å²) >= 11 is 0. The first-order valence-electron chi connectivity index (χ1n) is 11.4. The van der Waals surface area contributed by atoms with Crippen LogP contribution in [0.25, 0.3) is 0 Å². The van der Waals surface area contributed by atoms with Gasteiger partial charge in [0.15, 0.2) is 11.5 Å². The number of ether oxygens (including phenoxy) is 3. The first kappa shape index (κ1) is 23.2. The van der Waals surface area contributed by atoms with Crippen molar-refractivity contribution in [2.24, 2.45) is 0 Å². The third kappa shape index (κ3) is 3.69. The Morgan fingerprint density at radius 1 is 0.861 bits per heavy atom. The van der Waals surface area contributed by atoms with Crippen LogP contribution in [0.2, 0.25) is 0 Å². The average molecular weight is 488 g/mol. The Morgan fingerprint density at radius 3 is 2.17 bits per heavy atom. The van der Waals surface area contributed by atoms with E-state index in [2.05, 4.69) is 5.32 Å². The Morgan fingerprint density at radius 2 is 1.50 bits per heavy atom. The number of anilines is 2. The first-order valence-corrected chi connectivity index (χ1v) is 11.4. The summed E-state index contributed by atoms with van der Waals surface area (Å²) in [6.07, 6.45) is -0.587. The predicted octanol–water partition coefficient (Wildman–Crippen LogP) is 3.86. The standard InChI is InChI=1S/C27H25N3O6/c1-34-21-14-16(15-22(35-2)24(21)36-3)28-23(31)12-13-29-25-17-8-4-5-9-18(17)27(33)30(25)20-11-7-6-10-19(20)26(29)32/h4-11,14-15,25H,12-13H2,1-3H3,(H,28,31). The van der Waals surface area contributed by atoms with Crippen LogP contribution < -0.4 is 24.4 Å². The van der Waals surface area contributed by atoms with E-state index in [1.54, 1.807) is 58.3 Å². The van der Waals surface area contributed by atoms with E-state index >= 15 is 0 Å². The van der Waals surface area contributed by atoms with Crippen LogP contribution in [0.4, 0.5) is 11.4 Å². The lowest BCUT2D eigenvalue weighted by Crippen LogP contribution is -2.48. The minimum Gasteiger partial charge on any atom is -0.493 e. The lowest BCUT2D eigenvalue weighted by molar-refractivity contribution is -0.116. The van der Waals surface area contributed by atoms with Crippen molar-refractivity contribution in [1.29, 1.82) is 0 Å². The monoisotopic (exact) mass is 487 g/mol. The van der Waals surface area contributed by atoms with Gasteiger partial charge in [-0.25, -0.2) is 0 Å². The van der Waals surface area contributed by atoms with Gasteiger partial charge >= 0.3 is 0 Å². The number of carbonyl (C=O) groups is 3. The molecular weight excluding hydrogens is 462 g/mol. The molecule has 3 amide bonds. The predicted molar refractivity (Wildman–Crippen MR) is 133 cm³/mol. The zero-order chi connectivity index (χ0) is 25.4. The normalized spacial score (nSPS) is 15.7. The largest absolute Gasteiger partial charge is 0.493 e. The lowest BCUT2D eigenvalue weighted by atomic mass is 10.0. The summed E-state index contributed by atoms with van der Waals surface area (Å²) < 4.78 is 16.0. The number of benzene rings is 3. The number of hydrogen-bond acceptors (Lipinski definition) is 6. The second-order valence-electron chi connectivity index (χ2n) is 8.36. The summed E-state index contributed by atoms with van der Waals surface area (Å²) in [4.78, 5) is 42.9. The highest BCUT2D eigenvalue weighted by molar-refractivity contribution is 6.16. The minimum absolute atomic E-state index is 0.0191. The highest BCUT2D eigenvalue weighted by Gasteiger charge is 2.47. The van der Waals surface area contributed by atoms with Crippen molar-refractivity contribution in [3.05, 3.63) is 77.4 Å². The third-order valence-corrected chi connectivity index (χ3v) is 6.41. The molecule has 0 aromatic heterocycles. The van der Waals surface area contributed by atoms with Gasteiger partial charge in [0.05, 0.1) is 32.6 Å². The maximum Gasteiger partial charge on any atom is 0.260 e. The van der Waals surface area contributed by atoms with Crippen molar-refractivity contribution in [3.8, 4) is 17.2 Å². The maximum absolute atomic E-state index is 13.5. The SMILES string of the molecule is COc1cc(NC(=O)CCN2C(=O)c3ccccc3N3C(=O)c4ccccc4C23)cc(OC)c1OC. The number of rotatable bonds is 7. The Balaban J connectivity index is 1.40. The number of nitrogens with zero attached hydrogens (tertiary/aromatic N) is 2. The van der Waals surface area contributed by atoms with Crippen LogP contribution in [0.1, 0.15) is 38.9 Å². The van der Waals surface area contributed by atoms with Crippen LogP contribution in [-0.4, -0.2) is 50.5 Å². The van der Waals surface area contributed by atoms with Crippen LogP contribution in [0, 0.1) is 0 Å². The molecule has 184 valence electrons. The van der Waals surface area contributed by atoms with Gasteiger partial charge in [-0.1, -0.05) is 30.3 Å². The Bertz CT molecular complexity index is 1350. The second-order valence-corrected chi connectivity index (χ2v) is 8.36.